The van der Waals surface area contributed by atoms with E-state index in [1.165, 1.54) is 21.3 Å². The van der Waals surface area contributed by atoms with Crippen LogP contribution in [0.2, 0.25) is 0 Å². The fourth-order valence-electron chi connectivity index (χ4n) is 5.19. The van der Waals surface area contributed by atoms with Crippen LogP contribution >= 0.6 is 0 Å². The van der Waals surface area contributed by atoms with Crippen LogP contribution in [-0.4, -0.2) is 55.0 Å². The first-order chi connectivity index (χ1) is 15.7. The highest BCUT2D eigenvalue weighted by Gasteiger charge is 2.46. The summed E-state index contributed by atoms with van der Waals surface area (Å²) in [5, 5.41) is 2.72. The van der Waals surface area contributed by atoms with Gasteiger partial charge in [-0.3, -0.25) is 19.3 Å². The number of hydrogen-bond donors (Lipinski definition) is 1. The Kier molecular flexibility index (Phi) is 6.72. The summed E-state index contributed by atoms with van der Waals surface area (Å²) in [5.41, 5.74) is 0.469. The van der Waals surface area contributed by atoms with Crippen molar-refractivity contribution in [2.45, 2.75) is 44.4 Å². The lowest BCUT2D eigenvalue weighted by atomic mass is 9.85. The lowest BCUT2D eigenvalue weighted by Crippen LogP contribution is -2.42. The molecule has 1 aliphatic carbocycles. The number of imide groups is 1. The number of fused-ring (bicyclic) bond motifs is 1. The molecule has 9 heteroatoms. The number of benzene rings is 1. The predicted molar refractivity (Wildman–Crippen MR) is 123 cm³/mol. The number of hydrogen-bond acceptors (Lipinski definition) is 5. The summed E-state index contributed by atoms with van der Waals surface area (Å²) >= 11 is 0. The normalized spacial score (nSPS) is 28.1. The van der Waals surface area contributed by atoms with Gasteiger partial charge in [-0.1, -0.05) is 26.0 Å². The lowest BCUT2D eigenvalue weighted by Gasteiger charge is -2.34. The average Bonchev–Trinajstić information content (AvgIpc) is 3.02. The molecule has 0 aromatic heterocycles. The monoisotopic (exact) mass is 473 g/mol. The van der Waals surface area contributed by atoms with E-state index in [1.54, 1.807) is 12.1 Å². The molecule has 0 spiro atoms. The number of piperidine rings is 1. The van der Waals surface area contributed by atoms with E-state index in [-0.39, 0.29) is 47.4 Å². The van der Waals surface area contributed by atoms with Gasteiger partial charge in [-0.25, -0.2) is 8.42 Å². The quantitative estimate of drug-likeness (QED) is 0.505. The fourth-order valence-corrected chi connectivity index (χ4v) is 6.87. The van der Waals surface area contributed by atoms with Crippen molar-refractivity contribution in [2.24, 2.45) is 23.7 Å². The van der Waals surface area contributed by atoms with Crippen LogP contribution in [0.4, 0.5) is 5.69 Å². The average molecular weight is 474 g/mol. The van der Waals surface area contributed by atoms with Gasteiger partial charge in [0.1, 0.15) is 0 Å². The number of nitrogens with one attached hydrogen (secondary N) is 1. The van der Waals surface area contributed by atoms with Gasteiger partial charge in [-0.15, -0.1) is 0 Å². The first-order valence-corrected chi connectivity index (χ1v) is 13.0. The molecule has 4 atom stereocenters. The highest BCUT2D eigenvalue weighted by atomic mass is 32.2. The van der Waals surface area contributed by atoms with Crippen molar-refractivity contribution < 1.29 is 22.8 Å². The van der Waals surface area contributed by atoms with Gasteiger partial charge in [-0.05, 0) is 55.4 Å². The third kappa shape index (κ3) is 4.89. The third-order valence-electron chi connectivity index (χ3n) is 6.77. The highest BCUT2D eigenvalue weighted by Crippen LogP contribution is 2.35. The molecule has 1 N–H and O–H groups in total. The summed E-state index contributed by atoms with van der Waals surface area (Å²) in [4.78, 5) is 38.8. The van der Waals surface area contributed by atoms with E-state index in [9.17, 15) is 22.8 Å². The molecule has 2 aliphatic heterocycles. The maximum absolute atomic E-state index is 13.0. The summed E-state index contributed by atoms with van der Waals surface area (Å²) in [7, 11) is -3.58. The highest BCUT2D eigenvalue weighted by molar-refractivity contribution is 7.89. The van der Waals surface area contributed by atoms with Crippen LogP contribution in [0.5, 0.6) is 0 Å². The van der Waals surface area contributed by atoms with E-state index in [2.05, 4.69) is 19.2 Å². The van der Waals surface area contributed by atoms with Crippen molar-refractivity contribution >= 4 is 33.4 Å². The molecule has 3 aliphatic rings. The topological polar surface area (TPSA) is 104 Å². The first-order valence-electron chi connectivity index (χ1n) is 11.6. The van der Waals surface area contributed by atoms with Gasteiger partial charge in [0.15, 0.2) is 0 Å². The number of sulfonamides is 1. The number of rotatable bonds is 6. The Morgan fingerprint density at radius 3 is 2.06 bits per heavy atom. The van der Waals surface area contributed by atoms with Gasteiger partial charge in [0, 0.05) is 31.7 Å². The Labute approximate surface area is 195 Å². The second kappa shape index (κ2) is 9.38. The second-order valence-corrected chi connectivity index (χ2v) is 11.5. The van der Waals surface area contributed by atoms with Crippen molar-refractivity contribution in [2.75, 3.05) is 25.0 Å². The van der Waals surface area contributed by atoms with Crippen LogP contribution in [0.15, 0.2) is 41.3 Å². The van der Waals surface area contributed by atoms with E-state index in [1.807, 2.05) is 12.2 Å². The van der Waals surface area contributed by atoms with Gasteiger partial charge >= 0.3 is 0 Å². The molecule has 1 aromatic carbocycles. The SMILES string of the molecule is C[C@@H]1C[C@H](C)CN(S(=O)(=O)c2ccc(NC(=O)CCN3C(=O)[C@@H]4CC=CC[C@H]4C3=O)cc2)C1. The molecule has 1 aromatic rings. The number of amides is 3. The summed E-state index contributed by atoms with van der Waals surface area (Å²) in [5.74, 6) is -0.695. The summed E-state index contributed by atoms with van der Waals surface area (Å²) in [6, 6.07) is 6.13. The Balaban J connectivity index is 1.33. The molecule has 33 heavy (non-hydrogen) atoms. The molecule has 2 saturated heterocycles. The molecule has 4 rings (SSSR count). The predicted octanol–water partition coefficient (Wildman–Crippen LogP) is 2.63. The molecule has 8 nitrogen and oxygen atoms in total. The second-order valence-electron chi connectivity index (χ2n) is 9.57. The Morgan fingerprint density at radius 1 is 0.970 bits per heavy atom. The molecular formula is C24H31N3O5S. The molecule has 2 fully saturated rings. The van der Waals surface area contributed by atoms with Crippen LogP contribution < -0.4 is 5.32 Å². The number of likely N-dealkylation sites (tertiary alicyclic amines) is 1. The standard InChI is InChI=1S/C24H31N3O5S/c1-16-13-17(2)15-26(14-16)33(31,32)19-9-7-18(8-10-19)25-22(28)11-12-27-23(29)20-5-3-4-6-21(20)24(27)30/h3-4,7-10,16-17,20-21H,5-6,11-15H2,1-2H3,(H,25,28)/t16-,17+,20-,21-/m1/s1. The van der Waals surface area contributed by atoms with Gasteiger partial charge in [0.05, 0.1) is 16.7 Å². The van der Waals surface area contributed by atoms with Gasteiger partial charge in [0.2, 0.25) is 27.7 Å². The zero-order valence-corrected chi connectivity index (χ0v) is 19.9. The Bertz CT molecular complexity index is 1030. The molecule has 0 radical (unpaired) electrons. The van der Waals surface area contributed by atoms with E-state index in [4.69, 9.17) is 0 Å². The maximum Gasteiger partial charge on any atom is 0.243 e. The molecule has 0 bridgehead atoms. The number of anilines is 1. The minimum absolute atomic E-state index is 0.00600. The molecule has 0 saturated carbocycles. The fraction of sp³-hybridized carbons (Fsp3) is 0.542. The molecule has 178 valence electrons. The minimum atomic E-state index is -3.58. The van der Waals surface area contributed by atoms with Crippen molar-refractivity contribution in [3.63, 3.8) is 0 Å². The van der Waals surface area contributed by atoms with Crippen LogP contribution in [0.1, 0.15) is 39.5 Å². The largest absolute Gasteiger partial charge is 0.326 e. The number of allylic oxidation sites excluding steroid dienone is 2. The maximum atomic E-state index is 13.0. The van der Waals surface area contributed by atoms with E-state index in [0.717, 1.165) is 6.42 Å². The van der Waals surface area contributed by atoms with Crippen LogP contribution in [-0.2, 0) is 24.4 Å². The smallest absolute Gasteiger partial charge is 0.243 e. The molecule has 0 unspecified atom stereocenters. The van der Waals surface area contributed by atoms with Gasteiger partial charge in [-0.2, -0.15) is 4.31 Å². The summed E-state index contributed by atoms with van der Waals surface area (Å²) < 4.78 is 27.5. The zero-order valence-electron chi connectivity index (χ0n) is 19.1. The lowest BCUT2D eigenvalue weighted by molar-refractivity contribution is -0.140. The third-order valence-corrected chi connectivity index (χ3v) is 8.62. The van der Waals surface area contributed by atoms with Crippen molar-refractivity contribution in [1.82, 2.24) is 9.21 Å². The van der Waals surface area contributed by atoms with Crippen LogP contribution in [0.25, 0.3) is 0 Å². The number of carbonyl (C=O) groups excluding carboxylic acids is 3. The zero-order chi connectivity index (χ0) is 23.8. The van der Waals surface area contributed by atoms with Crippen LogP contribution in [0.3, 0.4) is 0 Å². The van der Waals surface area contributed by atoms with Crippen LogP contribution in [0, 0.1) is 23.7 Å². The van der Waals surface area contributed by atoms with Crippen molar-refractivity contribution in [3.05, 3.63) is 36.4 Å². The Hall–Kier alpha value is -2.52. The summed E-state index contributed by atoms with van der Waals surface area (Å²) in [6.07, 6.45) is 6.01. The Morgan fingerprint density at radius 2 is 1.52 bits per heavy atom. The first kappa shape index (κ1) is 23.6. The van der Waals surface area contributed by atoms with Crippen molar-refractivity contribution in [1.29, 1.82) is 0 Å². The van der Waals surface area contributed by atoms with E-state index in [0.29, 0.717) is 43.5 Å². The molecular weight excluding hydrogens is 442 g/mol. The van der Waals surface area contributed by atoms with E-state index >= 15 is 0 Å². The van der Waals surface area contributed by atoms with Crippen molar-refractivity contribution in [3.8, 4) is 0 Å². The minimum Gasteiger partial charge on any atom is -0.326 e. The molecule has 2 heterocycles. The van der Waals surface area contributed by atoms with Gasteiger partial charge in [0.25, 0.3) is 0 Å². The van der Waals surface area contributed by atoms with Gasteiger partial charge < -0.3 is 5.32 Å². The number of carbonyl (C=O) groups is 3. The van der Waals surface area contributed by atoms with E-state index < -0.39 is 10.0 Å². The number of nitrogens with zero attached hydrogens (tertiary/aromatic N) is 2. The molecule has 3 amide bonds. The summed E-state index contributed by atoms with van der Waals surface area (Å²) in [6.45, 7) is 5.19.